The molecule has 0 aliphatic rings. The van der Waals surface area contributed by atoms with Gasteiger partial charge in [0.1, 0.15) is 17.1 Å². The quantitative estimate of drug-likeness (QED) is 0.487. The number of ether oxygens (including phenoxy) is 2. The highest BCUT2D eigenvalue weighted by molar-refractivity contribution is 9.10. The number of carbonyl (C=O) groups is 1. The van der Waals surface area contributed by atoms with Gasteiger partial charge in [-0.25, -0.2) is 4.79 Å². The van der Waals surface area contributed by atoms with Crippen molar-refractivity contribution in [1.29, 1.82) is 0 Å². The van der Waals surface area contributed by atoms with Crippen LogP contribution < -0.4 is 9.47 Å². The molecule has 122 valence electrons. The highest BCUT2D eigenvalue weighted by Crippen LogP contribution is 2.31. The van der Waals surface area contributed by atoms with Gasteiger partial charge >= 0.3 is 5.97 Å². The molecule has 0 heterocycles. The number of benzene rings is 2. The average molecular weight is 377 g/mol. The molecule has 0 bridgehead atoms. The second kappa shape index (κ2) is 8.16. The van der Waals surface area contributed by atoms with E-state index in [0.29, 0.717) is 29.6 Å². The molecule has 0 N–H and O–H groups in total. The van der Waals surface area contributed by atoms with Crippen LogP contribution in [0.1, 0.15) is 49.0 Å². The Morgan fingerprint density at radius 1 is 1.13 bits per heavy atom. The highest BCUT2D eigenvalue weighted by atomic mass is 79.9. The lowest BCUT2D eigenvalue weighted by Gasteiger charge is -2.13. The number of rotatable bonds is 6. The van der Waals surface area contributed by atoms with E-state index in [-0.39, 0.29) is 0 Å². The van der Waals surface area contributed by atoms with Crippen LogP contribution in [0.3, 0.4) is 0 Å². The van der Waals surface area contributed by atoms with Gasteiger partial charge in [0.05, 0.1) is 11.1 Å². The van der Waals surface area contributed by atoms with Crippen molar-refractivity contribution >= 4 is 21.9 Å². The Morgan fingerprint density at radius 2 is 1.87 bits per heavy atom. The monoisotopic (exact) mass is 376 g/mol. The summed E-state index contributed by atoms with van der Waals surface area (Å²) >= 11 is 3.49. The Bertz CT molecular complexity index is 682. The van der Waals surface area contributed by atoms with Crippen LogP contribution in [0.25, 0.3) is 0 Å². The molecule has 0 fully saturated rings. The summed E-state index contributed by atoms with van der Waals surface area (Å²) in [5.74, 6) is 1.08. The minimum atomic E-state index is -0.425. The van der Waals surface area contributed by atoms with Crippen molar-refractivity contribution in [1.82, 2.24) is 0 Å². The lowest BCUT2D eigenvalue weighted by molar-refractivity contribution is 0.0729. The molecule has 3 nitrogen and oxygen atoms in total. The number of esters is 1. The van der Waals surface area contributed by atoms with E-state index < -0.39 is 5.97 Å². The van der Waals surface area contributed by atoms with Crippen LogP contribution in [0.4, 0.5) is 0 Å². The zero-order valence-corrected chi connectivity index (χ0v) is 15.2. The zero-order chi connectivity index (χ0) is 16.8. The lowest BCUT2D eigenvalue weighted by atomic mass is 9.99. The van der Waals surface area contributed by atoms with E-state index in [2.05, 4.69) is 29.8 Å². The molecule has 0 spiro atoms. The predicted octanol–water partition coefficient (Wildman–Crippen LogP) is 5.58. The van der Waals surface area contributed by atoms with Gasteiger partial charge in [-0.05, 0) is 65.0 Å². The molecule has 0 amide bonds. The van der Waals surface area contributed by atoms with Crippen molar-refractivity contribution in [2.24, 2.45) is 0 Å². The largest absolute Gasteiger partial charge is 0.493 e. The molecule has 4 heteroatoms. The van der Waals surface area contributed by atoms with Gasteiger partial charge in [-0.15, -0.1) is 0 Å². The number of hydrogen-bond acceptors (Lipinski definition) is 3. The molecule has 0 saturated carbocycles. The molecule has 0 aliphatic heterocycles. The first-order chi connectivity index (χ1) is 11.1. The lowest BCUT2D eigenvalue weighted by Crippen LogP contribution is -2.11. The van der Waals surface area contributed by atoms with Crippen molar-refractivity contribution in [2.45, 2.75) is 33.1 Å². The average Bonchev–Trinajstić information content (AvgIpc) is 2.56. The highest BCUT2D eigenvalue weighted by Gasteiger charge is 2.16. The summed E-state index contributed by atoms with van der Waals surface area (Å²) in [4.78, 5) is 12.4. The Labute approximate surface area is 145 Å². The minimum absolute atomic E-state index is 0.423. The first-order valence-corrected chi connectivity index (χ1v) is 8.59. The fourth-order valence-electron chi connectivity index (χ4n) is 2.21. The Balaban J connectivity index is 2.21. The van der Waals surface area contributed by atoms with E-state index in [1.54, 1.807) is 18.2 Å². The van der Waals surface area contributed by atoms with Crippen LogP contribution in [0.15, 0.2) is 46.9 Å². The third kappa shape index (κ3) is 4.35. The van der Waals surface area contributed by atoms with Crippen molar-refractivity contribution in [2.75, 3.05) is 6.61 Å². The van der Waals surface area contributed by atoms with E-state index in [4.69, 9.17) is 9.47 Å². The second-order valence-electron chi connectivity index (χ2n) is 5.32. The summed E-state index contributed by atoms with van der Waals surface area (Å²) in [6, 6.07) is 12.9. The molecule has 23 heavy (non-hydrogen) atoms. The Kier molecular flexibility index (Phi) is 6.22. The molecule has 0 radical (unpaired) electrons. The molecule has 2 aromatic carbocycles. The van der Waals surface area contributed by atoms with Crippen LogP contribution in [0, 0.1) is 0 Å². The van der Waals surface area contributed by atoms with Crippen LogP contribution in [-0.2, 0) is 0 Å². The molecule has 2 rings (SSSR count). The Hall–Kier alpha value is -1.81. The van der Waals surface area contributed by atoms with E-state index in [0.717, 1.165) is 10.9 Å². The van der Waals surface area contributed by atoms with E-state index in [1.807, 2.05) is 31.2 Å². The second-order valence-corrected chi connectivity index (χ2v) is 6.17. The maximum absolute atomic E-state index is 12.4. The van der Waals surface area contributed by atoms with Gasteiger partial charge in [0.2, 0.25) is 0 Å². The standard InChI is InChI=1S/C19H21BrO3/c1-4-13(3)14-10-11-18(16(20)12-14)23-19(21)15-8-6-7-9-17(15)22-5-2/h6-13H,4-5H2,1-3H3. The van der Waals surface area contributed by atoms with Gasteiger partial charge in [-0.3, -0.25) is 0 Å². The van der Waals surface area contributed by atoms with Crippen molar-refractivity contribution in [3.63, 3.8) is 0 Å². The van der Waals surface area contributed by atoms with Gasteiger partial charge in [0, 0.05) is 0 Å². The number of halogens is 1. The van der Waals surface area contributed by atoms with Gasteiger partial charge in [0.25, 0.3) is 0 Å². The molecular weight excluding hydrogens is 356 g/mol. The van der Waals surface area contributed by atoms with Crippen molar-refractivity contribution < 1.29 is 14.3 Å². The molecule has 0 saturated heterocycles. The molecule has 2 aromatic rings. The maximum Gasteiger partial charge on any atom is 0.347 e. The smallest absolute Gasteiger partial charge is 0.347 e. The predicted molar refractivity (Wildman–Crippen MR) is 95.4 cm³/mol. The summed E-state index contributed by atoms with van der Waals surface area (Å²) in [7, 11) is 0. The van der Waals surface area contributed by atoms with Crippen LogP contribution in [-0.4, -0.2) is 12.6 Å². The Morgan fingerprint density at radius 3 is 2.52 bits per heavy atom. The summed E-state index contributed by atoms with van der Waals surface area (Å²) in [6.07, 6.45) is 1.06. The zero-order valence-electron chi connectivity index (χ0n) is 13.6. The number of hydrogen-bond donors (Lipinski definition) is 0. The third-order valence-electron chi connectivity index (χ3n) is 3.75. The van der Waals surface area contributed by atoms with E-state index in [1.165, 1.54) is 5.56 Å². The summed E-state index contributed by atoms with van der Waals surface area (Å²) in [6.45, 7) is 6.70. The first-order valence-electron chi connectivity index (χ1n) is 7.80. The van der Waals surface area contributed by atoms with Crippen molar-refractivity contribution in [3.05, 3.63) is 58.1 Å². The molecule has 1 unspecified atom stereocenters. The van der Waals surface area contributed by atoms with Crippen LogP contribution in [0.5, 0.6) is 11.5 Å². The fraction of sp³-hybridized carbons (Fsp3) is 0.316. The molecule has 0 aliphatic carbocycles. The van der Waals surface area contributed by atoms with Gasteiger partial charge in [-0.1, -0.05) is 32.0 Å². The topological polar surface area (TPSA) is 35.5 Å². The van der Waals surface area contributed by atoms with Gasteiger partial charge in [0.15, 0.2) is 0 Å². The van der Waals surface area contributed by atoms with Crippen molar-refractivity contribution in [3.8, 4) is 11.5 Å². The molecule has 1 atom stereocenters. The van der Waals surface area contributed by atoms with E-state index >= 15 is 0 Å². The first kappa shape index (κ1) is 17.5. The van der Waals surface area contributed by atoms with Crippen LogP contribution >= 0.6 is 15.9 Å². The van der Waals surface area contributed by atoms with Gasteiger partial charge in [-0.2, -0.15) is 0 Å². The summed E-state index contributed by atoms with van der Waals surface area (Å²) < 4.78 is 11.8. The molecule has 0 aromatic heterocycles. The number of carbonyl (C=O) groups excluding carboxylic acids is 1. The molecular formula is C19H21BrO3. The van der Waals surface area contributed by atoms with Crippen LogP contribution in [0.2, 0.25) is 0 Å². The summed E-state index contributed by atoms with van der Waals surface area (Å²) in [5.41, 5.74) is 1.64. The van der Waals surface area contributed by atoms with Gasteiger partial charge < -0.3 is 9.47 Å². The van der Waals surface area contributed by atoms with E-state index in [9.17, 15) is 4.79 Å². The maximum atomic E-state index is 12.4. The third-order valence-corrected chi connectivity index (χ3v) is 4.37. The number of para-hydroxylation sites is 1. The SMILES string of the molecule is CCOc1ccccc1C(=O)Oc1ccc(C(C)CC)cc1Br. The summed E-state index contributed by atoms with van der Waals surface area (Å²) in [5, 5.41) is 0. The fourth-order valence-corrected chi connectivity index (χ4v) is 2.69. The minimum Gasteiger partial charge on any atom is -0.493 e. The normalized spacial score (nSPS) is 11.8.